The average molecular weight is 358 g/mol. The minimum atomic E-state index is -0.269. The summed E-state index contributed by atoms with van der Waals surface area (Å²) in [5.74, 6) is 0.0234. The van der Waals surface area contributed by atoms with Crippen molar-refractivity contribution >= 4 is 5.91 Å². The average Bonchev–Trinajstić information content (AvgIpc) is 3.10. The van der Waals surface area contributed by atoms with Crippen LogP contribution in [-0.2, 0) is 11.2 Å². The molecular weight excluding hydrogens is 331 g/mol. The highest BCUT2D eigenvalue weighted by Gasteiger charge is 2.27. The highest BCUT2D eigenvalue weighted by molar-refractivity contribution is 5.78. The van der Waals surface area contributed by atoms with E-state index in [1.165, 1.54) is 12.1 Å². The third kappa shape index (κ3) is 4.69. The number of carbonyl (C=O) groups excluding carboxylic acids is 1. The zero-order chi connectivity index (χ0) is 18.5. The number of aromatic nitrogens is 2. The van der Waals surface area contributed by atoms with Crippen molar-refractivity contribution in [2.24, 2.45) is 11.7 Å². The van der Waals surface area contributed by atoms with Crippen molar-refractivity contribution in [1.29, 1.82) is 0 Å². The first kappa shape index (κ1) is 18.6. The molecule has 0 aliphatic heterocycles. The fourth-order valence-electron chi connectivity index (χ4n) is 3.67. The number of hydrogen-bond donors (Lipinski definition) is 2. The fourth-order valence-corrected chi connectivity index (χ4v) is 3.67. The van der Waals surface area contributed by atoms with Crippen LogP contribution in [-0.4, -0.2) is 40.6 Å². The van der Waals surface area contributed by atoms with Gasteiger partial charge in [-0.3, -0.25) is 9.89 Å². The number of nitrogens with zero attached hydrogens (tertiary/aromatic N) is 2. The molecular formula is C20H27FN4O. The molecule has 140 valence electrons. The Morgan fingerprint density at radius 1 is 1.38 bits per heavy atom. The zero-order valence-electron chi connectivity index (χ0n) is 15.2. The van der Waals surface area contributed by atoms with E-state index in [0.29, 0.717) is 6.54 Å². The van der Waals surface area contributed by atoms with Crippen LogP contribution in [0.1, 0.15) is 37.8 Å². The highest BCUT2D eigenvalue weighted by atomic mass is 19.1. The third-order valence-corrected chi connectivity index (χ3v) is 5.13. The van der Waals surface area contributed by atoms with Crippen LogP contribution in [0.3, 0.4) is 0 Å². The molecule has 1 aromatic carbocycles. The number of halogens is 1. The van der Waals surface area contributed by atoms with Gasteiger partial charge in [0.15, 0.2) is 0 Å². The molecule has 0 saturated heterocycles. The molecule has 1 aliphatic rings. The number of benzene rings is 1. The van der Waals surface area contributed by atoms with E-state index in [1.54, 1.807) is 6.07 Å². The standard InChI is InChI=1S/C20H27FN4O/c1-25(20(26)15-6-3-8-17(22)12-15)10-4-9-18-13-19(24-23-18)14-5-2-7-16(21)11-14/h2,5,7,11,13,15,17H,3-4,6,8-10,12,22H2,1H3,(H,23,24). The molecule has 2 atom stereocenters. The first-order valence-corrected chi connectivity index (χ1v) is 9.33. The largest absolute Gasteiger partial charge is 0.346 e. The molecule has 0 radical (unpaired) electrons. The quantitative estimate of drug-likeness (QED) is 0.833. The van der Waals surface area contributed by atoms with E-state index in [0.717, 1.165) is 55.5 Å². The number of amides is 1. The Hall–Kier alpha value is -2.21. The zero-order valence-corrected chi connectivity index (χ0v) is 15.2. The fraction of sp³-hybridized carbons (Fsp3) is 0.500. The van der Waals surface area contributed by atoms with Gasteiger partial charge in [0.1, 0.15) is 5.82 Å². The number of aryl methyl sites for hydroxylation is 1. The molecule has 26 heavy (non-hydrogen) atoms. The Morgan fingerprint density at radius 2 is 2.23 bits per heavy atom. The lowest BCUT2D eigenvalue weighted by Gasteiger charge is -2.29. The van der Waals surface area contributed by atoms with Crippen LogP contribution in [0.4, 0.5) is 4.39 Å². The second-order valence-electron chi connectivity index (χ2n) is 7.28. The van der Waals surface area contributed by atoms with Crippen molar-refractivity contribution in [3.63, 3.8) is 0 Å². The Morgan fingerprint density at radius 3 is 3.00 bits per heavy atom. The molecule has 1 heterocycles. The molecule has 0 spiro atoms. The monoisotopic (exact) mass is 358 g/mol. The van der Waals surface area contributed by atoms with Crippen LogP contribution in [0.15, 0.2) is 30.3 Å². The molecule has 2 aromatic rings. The SMILES string of the molecule is CN(CCCc1cc(-c2cccc(F)c2)n[nH]1)C(=O)C1CCCC(N)C1. The number of hydrogen-bond acceptors (Lipinski definition) is 3. The summed E-state index contributed by atoms with van der Waals surface area (Å²) < 4.78 is 13.3. The maximum atomic E-state index is 13.3. The molecule has 3 N–H and O–H groups in total. The van der Waals surface area contributed by atoms with Gasteiger partial charge < -0.3 is 10.6 Å². The summed E-state index contributed by atoms with van der Waals surface area (Å²) in [7, 11) is 1.87. The molecule has 1 saturated carbocycles. The van der Waals surface area contributed by atoms with E-state index in [2.05, 4.69) is 10.2 Å². The number of rotatable bonds is 6. The summed E-state index contributed by atoms with van der Waals surface area (Å²) in [5.41, 5.74) is 8.48. The third-order valence-electron chi connectivity index (χ3n) is 5.13. The molecule has 1 amide bonds. The lowest BCUT2D eigenvalue weighted by atomic mass is 9.85. The molecule has 1 aromatic heterocycles. The van der Waals surface area contributed by atoms with Crippen molar-refractivity contribution in [3.05, 3.63) is 41.8 Å². The number of carbonyl (C=O) groups is 1. The summed E-state index contributed by atoms with van der Waals surface area (Å²) >= 11 is 0. The minimum absolute atomic E-state index is 0.0792. The molecule has 2 unspecified atom stereocenters. The maximum Gasteiger partial charge on any atom is 0.225 e. The second-order valence-corrected chi connectivity index (χ2v) is 7.28. The van der Waals surface area contributed by atoms with Gasteiger partial charge in [-0.2, -0.15) is 5.10 Å². The van der Waals surface area contributed by atoms with E-state index >= 15 is 0 Å². The van der Waals surface area contributed by atoms with Crippen molar-refractivity contribution in [2.45, 2.75) is 44.6 Å². The summed E-state index contributed by atoms with van der Waals surface area (Å²) in [4.78, 5) is 14.3. The van der Waals surface area contributed by atoms with E-state index in [1.807, 2.05) is 24.1 Å². The van der Waals surface area contributed by atoms with Crippen LogP contribution < -0.4 is 5.73 Å². The minimum Gasteiger partial charge on any atom is -0.346 e. The number of aromatic amines is 1. The summed E-state index contributed by atoms with van der Waals surface area (Å²) in [6, 6.07) is 8.51. The van der Waals surface area contributed by atoms with Gasteiger partial charge in [0.25, 0.3) is 0 Å². The molecule has 1 fully saturated rings. The summed E-state index contributed by atoms with van der Waals surface area (Å²) in [6.07, 6.45) is 5.48. The number of nitrogens with two attached hydrogens (primary N) is 1. The smallest absolute Gasteiger partial charge is 0.225 e. The van der Waals surface area contributed by atoms with Gasteiger partial charge in [-0.05, 0) is 50.3 Å². The van der Waals surface area contributed by atoms with E-state index in [4.69, 9.17) is 5.73 Å². The Bertz CT molecular complexity index is 745. The lowest BCUT2D eigenvalue weighted by molar-refractivity contribution is -0.135. The van der Waals surface area contributed by atoms with E-state index in [9.17, 15) is 9.18 Å². The van der Waals surface area contributed by atoms with Crippen LogP contribution in [0.2, 0.25) is 0 Å². The van der Waals surface area contributed by atoms with Gasteiger partial charge in [-0.15, -0.1) is 0 Å². The van der Waals surface area contributed by atoms with Crippen molar-refractivity contribution < 1.29 is 9.18 Å². The van der Waals surface area contributed by atoms with Crippen molar-refractivity contribution in [2.75, 3.05) is 13.6 Å². The second kappa shape index (κ2) is 8.45. The van der Waals surface area contributed by atoms with Gasteiger partial charge in [0.05, 0.1) is 5.69 Å². The maximum absolute atomic E-state index is 13.3. The van der Waals surface area contributed by atoms with E-state index in [-0.39, 0.29) is 23.7 Å². The summed E-state index contributed by atoms with van der Waals surface area (Å²) in [6.45, 7) is 0.707. The predicted octanol–water partition coefficient (Wildman–Crippen LogP) is 3.12. The normalized spacial score (nSPS) is 20.1. The Balaban J connectivity index is 1.48. The molecule has 5 nitrogen and oxygen atoms in total. The molecule has 1 aliphatic carbocycles. The van der Waals surface area contributed by atoms with Gasteiger partial charge in [0.2, 0.25) is 5.91 Å². The predicted molar refractivity (Wildman–Crippen MR) is 99.9 cm³/mol. The molecule has 0 bridgehead atoms. The Kier molecular flexibility index (Phi) is 6.04. The van der Waals surface area contributed by atoms with Crippen LogP contribution in [0.25, 0.3) is 11.3 Å². The first-order chi connectivity index (χ1) is 12.5. The van der Waals surface area contributed by atoms with Crippen LogP contribution in [0.5, 0.6) is 0 Å². The van der Waals surface area contributed by atoms with Crippen LogP contribution >= 0.6 is 0 Å². The van der Waals surface area contributed by atoms with Crippen LogP contribution in [0, 0.1) is 11.7 Å². The number of nitrogens with one attached hydrogen (secondary N) is 1. The van der Waals surface area contributed by atoms with Crippen molar-refractivity contribution in [1.82, 2.24) is 15.1 Å². The van der Waals surface area contributed by atoms with Gasteiger partial charge >= 0.3 is 0 Å². The van der Waals surface area contributed by atoms with Crippen molar-refractivity contribution in [3.8, 4) is 11.3 Å². The topological polar surface area (TPSA) is 75.0 Å². The van der Waals surface area contributed by atoms with E-state index < -0.39 is 0 Å². The molecule has 6 heteroatoms. The first-order valence-electron chi connectivity index (χ1n) is 9.33. The van der Waals surface area contributed by atoms with Gasteiger partial charge in [0, 0.05) is 36.8 Å². The number of H-pyrrole nitrogens is 1. The lowest BCUT2D eigenvalue weighted by Crippen LogP contribution is -2.39. The highest BCUT2D eigenvalue weighted by Crippen LogP contribution is 2.25. The molecule has 3 rings (SSSR count). The summed E-state index contributed by atoms with van der Waals surface area (Å²) in [5, 5.41) is 7.26. The Labute approximate surface area is 153 Å². The van der Waals surface area contributed by atoms with Gasteiger partial charge in [-0.1, -0.05) is 18.6 Å². The van der Waals surface area contributed by atoms with Gasteiger partial charge in [-0.25, -0.2) is 4.39 Å².